The second-order valence-corrected chi connectivity index (χ2v) is 5.85. The average Bonchev–Trinajstić information content (AvgIpc) is 2.50. The van der Waals surface area contributed by atoms with E-state index in [0.717, 1.165) is 6.42 Å². The molecule has 4 heteroatoms. The summed E-state index contributed by atoms with van der Waals surface area (Å²) in [6.07, 6.45) is 2.53. The lowest BCUT2D eigenvalue weighted by Gasteiger charge is -2.23. The van der Waals surface area contributed by atoms with E-state index in [1.54, 1.807) is 6.07 Å². The average molecular weight is 308 g/mol. The molecule has 2 rings (SSSR count). The minimum absolute atomic E-state index is 0.0457. The smallest absolute Gasteiger partial charge is 0.256 e. The number of aromatic nitrogens is 1. The Balaban J connectivity index is 2.22. The third kappa shape index (κ3) is 3.53. The predicted octanol–water partition coefficient (Wildman–Crippen LogP) is 5.44. The molecule has 0 fully saturated rings. The third-order valence-electron chi connectivity index (χ3n) is 3.82. The number of benzene rings is 1. The molecule has 1 heterocycles. The zero-order valence-corrected chi connectivity index (χ0v) is 13.2. The van der Waals surface area contributed by atoms with Crippen LogP contribution in [0.25, 0.3) is 0 Å². The van der Waals surface area contributed by atoms with E-state index >= 15 is 0 Å². The van der Waals surface area contributed by atoms with Gasteiger partial charge < -0.3 is 4.74 Å². The maximum absolute atomic E-state index is 14.0. The Morgan fingerprint density at radius 3 is 2.43 bits per heavy atom. The summed E-state index contributed by atoms with van der Waals surface area (Å²) >= 11 is 5.67. The summed E-state index contributed by atoms with van der Waals surface area (Å²) < 4.78 is 19.5. The molecule has 1 aromatic carbocycles. The number of rotatable bonds is 5. The summed E-state index contributed by atoms with van der Waals surface area (Å²) in [4.78, 5) is 3.91. The minimum Gasteiger partial charge on any atom is -0.436 e. The third-order valence-corrected chi connectivity index (χ3v) is 4.10. The predicted molar refractivity (Wildman–Crippen MR) is 83.6 cm³/mol. The highest BCUT2D eigenvalue weighted by Gasteiger charge is 2.18. The van der Waals surface area contributed by atoms with E-state index in [0.29, 0.717) is 11.3 Å². The Labute approximate surface area is 129 Å². The molecule has 0 N–H and O–H groups in total. The summed E-state index contributed by atoms with van der Waals surface area (Å²) in [5.74, 6) is 0.0961. The van der Waals surface area contributed by atoms with Crippen LogP contribution >= 0.6 is 11.6 Å². The summed E-state index contributed by atoms with van der Waals surface area (Å²) in [6, 6.07) is 9.22. The number of ether oxygens (including phenoxy) is 1. The van der Waals surface area contributed by atoms with Crippen LogP contribution in [0.4, 0.5) is 4.39 Å². The summed E-state index contributed by atoms with van der Waals surface area (Å²) in [5, 5.41) is 0. The molecule has 21 heavy (non-hydrogen) atoms. The fourth-order valence-electron chi connectivity index (χ4n) is 1.93. The number of halogens is 2. The lowest BCUT2D eigenvalue weighted by atomic mass is 9.82. The molecule has 0 amide bonds. The monoisotopic (exact) mass is 307 g/mol. The highest BCUT2D eigenvalue weighted by molar-refractivity contribution is 6.17. The Hall–Kier alpha value is -1.61. The molecule has 112 valence electrons. The highest BCUT2D eigenvalue weighted by Crippen LogP contribution is 2.30. The second kappa shape index (κ2) is 6.44. The molecule has 0 aliphatic heterocycles. The summed E-state index contributed by atoms with van der Waals surface area (Å²) in [6.45, 7) is 6.53. The van der Waals surface area contributed by atoms with Gasteiger partial charge in [0, 0.05) is 11.8 Å². The van der Waals surface area contributed by atoms with Gasteiger partial charge in [-0.25, -0.2) is 9.37 Å². The first-order valence-corrected chi connectivity index (χ1v) is 7.49. The van der Waals surface area contributed by atoms with Crippen LogP contribution in [0.2, 0.25) is 0 Å². The normalized spacial score (nSPS) is 11.5. The van der Waals surface area contributed by atoms with Crippen LogP contribution in [0.1, 0.15) is 38.3 Å². The molecule has 1 aromatic heterocycles. The summed E-state index contributed by atoms with van der Waals surface area (Å²) in [5.41, 5.74) is 1.71. The molecule has 0 aliphatic rings. The molecule has 0 atom stereocenters. The first kappa shape index (κ1) is 15.8. The number of nitrogens with zero attached hydrogens (tertiary/aromatic N) is 1. The Morgan fingerprint density at radius 2 is 1.86 bits per heavy atom. The van der Waals surface area contributed by atoms with Gasteiger partial charge in [0.1, 0.15) is 5.75 Å². The van der Waals surface area contributed by atoms with Crippen molar-refractivity contribution in [3.63, 3.8) is 0 Å². The van der Waals surface area contributed by atoms with Crippen molar-refractivity contribution in [3.8, 4) is 11.6 Å². The maximum Gasteiger partial charge on any atom is 0.256 e. The van der Waals surface area contributed by atoms with Crippen molar-refractivity contribution in [1.82, 2.24) is 4.98 Å². The molecule has 0 radical (unpaired) electrons. The standard InChI is InChI=1S/C17H19ClFNO/c1-4-17(2,3)13-5-7-14(8-6-13)21-16-15(19)12(11-18)9-10-20-16/h5-10H,4,11H2,1-3H3. The van der Waals surface area contributed by atoms with Crippen molar-refractivity contribution in [2.75, 3.05) is 0 Å². The molecule has 0 saturated carbocycles. The lowest BCUT2D eigenvalue weighted by molar-refractivity contribution is 0.419. The van der Waals surface area contributed by atoms with Gasteiger partial charge >= 0.3 is 0 Å². The van der Waals surface area contributed by atoms with Crippen LogP contribution in [-0.2, 0) is 11.3 Å². The number of hydrogen-bond donors (Lipinski definition) is 0. The highest BCUT2D eigenvalue weighted by atomic mass is 35.5. The first-order valence-electron chi connectivity index (χ1n) is 6.95. The number of pyridine rings is 1. The zero-order chi connectivity index (χ0) is 15.5. The fourth-order valence-corrected chi connectivity index (χ4v) is 2.13. The van der Waals surface area contributed by atoms with E-state index in [1.807, 2.05) is 24.3 Å². The van der Waals surface area contributed by atoms with E-state index < -0.39 is 5.82 Å². The Kier molecular flexibility index (Phi) is 4.84. The quantitative estimate of drug-likeness (QED) is 0.686. The molecule has 0 unspecified atom stereocenters. The van der Waals surface area contributed by atoms with E-state index in [1.165, 1.54) is 11.8 Å². The van der Waals surface area contributed by atoms with E-state index in [4.69, 9.17) is 16.3 Å². The van der Waals surface area contributed by atoms with Crippen LogP contribution in [0.3, 0.4) is 0 Å². The topological polar surface area (TPSA) is 22.1 Å². The molecular weight excluding hydrogens is 289 g/mol. The van der Waals surface area contributed by atoms with Gasteiger partial charge in [-0.1, -0.05) is 32.9 Å². The van der Waals surface area contributed by atoms with Gasteiger partial charge in [0.2, 0.25) is 0 Å². The molecule has 0 saturated heterocycles. The van der Waals surface area contributed by atoms with Gasteiger partial charge in [0.15, 0.2) is 5.82 Å². The molecule has 2 aromatic rings. The van der Waals surface area contributed by atoms with Gasteiger partial charge in [-0.3, -0.25) is 0 Å². The minimum atomic E-state index is -0.509. The molecule has 0 spiro atoms. The van der Waals surface area contributed by atoms with Crippen molar-refractivity contribution in [3.05, 3.63) is 53.5 Å². The van der Waals surface area contributed by atoms with E-state index in [9.17, 15) is 4.39 Å². The molecule has 2 nitrogen and oxygen atoms in total. The largest absolute Gasteiger partial charge is 0.436 e. The van der Waals surface area contributed by atoms with Crippen LogP contribution in [-0.4, -0.2) is 4.98 Å². The lowest BCUT2D eigenvalue weighted by Crippen LogP contribution is -2.14. The van der Waals surface area contributed by atoms with Crippen molar-refractivity contribution in [2.24, 2.45) is 0 Å². The van der Waals surface area contributed by atoms with Crippen LogP contribution in [0, 0.1) is 5.82 Å². The number of hydrogen-bond acceptors (Lipinski definition) is 2. The SMILES string of the molecule is CCC(C)(C)c1ccc(Oc2nccc(CCl)c2F)cc1. The van der Waals surface area contributed by atoms with Crippen molar-refractivity contribution in [1.29, 1.82) is 0 Å². The van der Waals surface area contributed by atoms with Gasteiger partial charge in [-0.05, 0) is 35.6 Å². The van der Waals surface area contributed by atoms with Crippen LogP contribution in [0.15, 0.2) is 36.5 Å². The van der Waals surface area contributed by atoms with Gasteiger partial charge in [-0.2, -0.15) is 0 Å². The van der Waals surface area contributed by atoms with Gasteiger partial charge in [0.05, 0.1) is 5.88 Å². The van der Waals surface area contributed by atoms with Crippen LogP contribution < -0.4 is 4.74 Å². The van der Waals surface area contributed by atoms with Crippen molar-refractivity contribution >= 4 is 11.6 Å². The van der Waals surface area contributed by atoms with Gasteiger partial charge in [0.25, 0.3) is 5.88 Å². The fraction of sp³-hybridized carbons (Fsp3) is 0.353. The Bertz CT molecular complexity index is 611. The maximum atomic E-state index is 14.0. The number of alkyl halides is 1. The van der Waals surface area contributed by atoms with E-state index in [-0.39, 0.29) is 17.2 Å². The van der Waals surface area contributed by atoms with Crippen molar-refractivity contribution in [2.45, 2.75) is 38.5 Å². The first-order chi connectivity index (χ1) is 9.97. The van der Waals surface area contributed by atoms with Crippen molar-refractivity contribution < 1.29 is 9.13 Å². The molecule has 0 bridgehead atoms. The second-order valence-electron chi connectivity index (χ2n) is 5.59. The molecule has 0 aliphatic carbocycles. The molecular formula is C17H19ClFNO. The zero-order valence-electron chi connectivity index (χ0n) is 12.5. The van der Waals surface area contributed by atoms with E-state index in [2.05, 4.69) is 25.8 Å². The Morgan fingerprint density at radius 1 is 1.19 bits per heavy atom. The van der Waals surface area contributed by atoms with Gasteiger partial charge in [-0.15, -0.1) is 11.6 Å². The van der Waals surface area contributed by atoms with Crippen LogP contribution in [0.5, 0.6) is 11.6 Å². The summed E-state index contributed by atoms with van der Waals surface area (Å²) in [7, 11) is 0.